The zero-order chi connectivity index (χ0) is 20.4. The van der Waals surface area contributed by atoms with E-state index in [1.165, 1.54) is 26.8 Å². The van der Waals surface area contributed by atoms with Crippen LogP contribution >= 0.6 is 0 Å². The summed E-state index contributed by atoms with van der Waals surface area (Å²) in [6.45, 7) is 3.95. The van der Waals surface area contributed by atoms with Gasteiger partial charge in [0.05, 0.1) is 12.3 Å². The minimum absolute atomic E-state index is 0.0970. The summed E-state index contributed by atoms with van der Waals surface area (Å²) in [4.78, 5) is 36.4. The first-order chi connectivity index (χ1) is 13.3. The van der Waals surface area contributed by atoms with Crippen molar-refractivity contribution >= 4 is 23.6 Å². The maximum Gasteiger partial charge on any atom is 0.303 e. The molecule has 2 aliphatic heterocycles. The number of hydrogen-bond acceptors (Lipinski definition) is 8. The van der Waals surface area contributed by atoms with Crippen LogP contribution in [-0.2, 0) is 39.8 Å². The molecule has 3 rings (SSSR count). The summed E-state index contributed by atoms with van der Waals surface area (Å²) in [5, 5.41) is 0. The Morgan fingerprint density at radius 2 is 1.68 bits per heavy atom. The van der Waals surface area contributed by atoms with Gasteiger partial charge in [-0.25, -0.2) is 4.39 Å². The van der Waals surface area contributed by atoms with Gasteiger partial charge in [0.2, 0.25) is 0 Å². The molecule has 1 aromatic rings. The van der Waals surface area contributed by atoms with E-state index in [4.69, 9.17) is 18.9 Å². The predicted molar refractivity (Wildman–Crippen MR) is 93.9 cm³/mol. The molecule has 9 heteroatoms. The normalized spacial score (nSPS) is 26.4. The Bertz CT molecular complexity index is 784. The van der Waals surface area contributed by atoms with Crippen molar-refractivity contribution in [1.82, 2.24) is 0 Å². The number of rotatable bonds is 4. The van der Waals surface area contributed by atoms with Gasteiger partial charge in [-0.3, -0.25) is 14.4 Å². The van der Waals surface area contributed by atoms with Gasteiger partial charge >= 0.3 is 17.9 Å². The number of para-hydroxylation sites is 1. The van der Waals surface area contributed by atoms with Crippen molar-refractivity contribution in [2.24, 2.45) is 0 Å². The van der Waals surface area contributed by atoms with Crippen LogP contribution in [0.1, 0.15) is 26.3 Å². The van der Waals surface area contributed by atoms with E-state index in [1.807, 2.05) is 6.07 Å². The Kier molecular flexibility index (Phi) is 5.83. The highest BCUT2D eigenvalue weighted by atomic mass is 19.1. The smallest absolute Gasteiger partial charge is 0.303 e. The van der Waals surface area contributed by atoms with E-state index in [0.717, 1.165) is 5.56 Å². The lowest BCUT2D eigenvalue weighted by Crippen LogP contribution is -2.62. The summed E-state index contributed by atoms with van der Waals surface area (Å²) >= 11 is 0. The Morgan fingerprint density at radius 3 is 2.32 bits per heavy atom. The summed E-state index contributed by atoms with van der Waals surface area (Å²) in [5.74, 6) is -2.28. The molecule has 0 aromatic heterocycles. The zero-order valence-corrected chi connectivity index (χ0v) is 15.8. The third-order valence-corrected chi connectivity index (χ3v) is 4.61. The molecule has 1 aromatic carbocycles. The Hall–Kier alpha value is -2.68. The van der Waals surface area contributed by atoms with Gasteiger partial charge in [0.1, 0.15) is 5.82 Å². The van der Waals surface area contributed by atoms with E-state index in [9.17, 15) is 18.8 Å². The maximum atomic E-state index is 14.5. The minimum atomic E-state index is -1.11. The van der Waals surface area contributed by atoms with Crippen molar-refractivity contribution < 1.29 is 37.7 Å². The van der Waals surface area contributed by atoms with E-state index >= 15 is 0 Å². The van der Waals surface area contributed by atoms with Crippen LogP contribution in [-0.4, -0.2) is 55.6 Å². The van der Waals surface area contributed by atoms with Gasteiger partial charge in [0.25, 0.3) is 0 Å². The summed E-state index contributed by atoms with van der Waals surface area (Å²) in [6, 6.07) is 4.78. The third-order valence-electron chi connectivity index (χ3n) is 4.61. The van der Waals surface area contributed by atoms with Crippen LogP contribution < -0.4 is 4.90 Å². The van der Waals surface area contributed by atoms with Crippen LogP contribution in [0.2, 0.25) is 0 Å². The fraction of sp³-hybridized carbons (Fsp3) is 0.526. The molecule has 4 atom stereocenters. The molecular formula is C19H22FNO7. The van der Waals surface area contributed by atoms with Crippen molar-refractivity contribution in [3.05, 3.63) is 29.6 Å². The van der Waals surface area contributed by atoms with Gasteiger partial charge in [0, 0.05) is 27.3 Å². The number of benzene rings is 1. The zero-order valence-electron chi connectivity index (χ0n) is 15.8. The number of ether oxygens (including phenoxy) is 4. The van der Waals surface area contributed by atoms with Gasteiger partial charge in [-0.15, -0.1) is 0 Å². The summed E-state index contributed by atoms with van der Waals surface area (Å²) in [5.41, 5.74) is 1.16. The van der Waals surface area contributed by atoms with Crippen LogP contribution in [0.15, 0.2) is 18.2 Å². The second-order valence-corrected chi connectivity index (χ2v) is 6.71. The molecule has 0 radical (unpaired) electrons. The minimum Gasteiger partial charge on any atom is -0.456 e. The highest BCUT2D eigenvalue weighted by Crippen LogP contribution is 2.36. The summed E-state index contributed by atoms with van der Waals surface area (Å²) in [7, 11) is 0. The topological polar surface area (TPSA) is 91.4 Å². The highest BCUT2D eigenvalue weighted by Gasteiger charge is 2.50. The first kappa shape index (κ1) is 20.1. The van der Waals surface area contributed by atoms with Crippen LogP contribution in [0.4, 0.5) is 10.1 Å². The van der Waals surface area contributed by atoms with Crippen LogP contribution in [0.3, 0.4) is 0 Å². The molecule has 1 saturated heterocycles. The average Bonchev–Trinajstić information content (AvgIpc) is 3.02. The predicted octanol–water partition coefficient (Wildman–Crippen LogP) is 1.34. The highest BCUT2D eigenvalue weighted by molar-refractivity contribution is 5.69. The van der Waals surface area contributed by atoms with Gasteiger partial charge in [-0.2, -0.15) is 0 Å². The van der Waals surface area contributed by atoms with E-state index in [2.05, 4.69) is 0 Å². The second kappa shape index (κ2) is 8.14. The number of esters is 3. The van der Waals surface area contributed by atoms with Crippen LogP contribution in [0, 0.1) is 5.82 Å². The van der Waals surface area contributed by atoms with Gasteiger partial charge in [-0.1, -0.05) is 12.1 Å². The molecule has 152 valence electrons. The lowest BCUT2D eigenvalue weighted by molar-refractivity contribution is -0.225. The third kappa shape index (κ3) is 4.09. The van der Waals surface area contributed by atoms with Crippen molar-refractivity contribution in [2.75, 3.05) is 18.1 Å². The molecule has 28 heavy (non-hydrogen) atoms. The molecule has 0 amide bonds. The number of anilines is 1. The molecule has 8 nitrogen and oxygen atoms in total. The van der Waals surface area contributed by atoms with E-state index in [-0.39, 0.29) is 6.61 Å². The van der Waals surface area contributed by atoms with Gasteiger partial charge in [0.15, 0.2) is 24.5 Å². The van der Waals surface area contributed by atoms with Crippen molar-refractivity contribution in [3.63, 3.8) is 0 Å². The SMILES string of the molecule is CC(=O)O[C@@H]1[C@@H](OC(C)=O)[C@H](OC(C)=O)CO[C@H]1N1CCc2cccc(F)c21. The number of nitrogens with zero attached hydrogens (tertiary/aromatic N) is 1. The number of carbonyl (C=O) groups is 3. The van der Waals surface area contributed by atoms with Crippen LogP contribution in [0.25, 0.3) is 0 Å². The Labute approximate surface area is 161 Å². The molecule has 2 heterocycles. The molecule has 0 saturated carbocycles. The Balaban J connectivity index is 1.96. The van der Waals surface area contributed by atoms with Crippen molar-refractivity contribution in [3.8, 4) is 0 Å². The molecule has 0 N–H and O–H groups in total. The quantitative estimate of drug-likeness (QED) is 0.557. The number of carbonyl (C=O) groups excluding carboxylic acids is 3. The molecule has 1 fully saturated rings. The van der Waals surface area contributed by atoms with Crippen molar-refractivity contribution in [1.29, 1.82) is 0 Å². The fourth-order valence-corrected chi connectivity index (χ4v) is 3.68. The molecular weight excluding hydrogens is 373 g/mol. The fourth-order valence-electron chi connectivity index (χ4n) is 3.68. The van der Waals surface area contributed by atoms with E-state index in [1.54, 1.807) is 11.0 Å². The second-order valence-electron chi connectivity index (χ2n) is 6.71. The van der Waals surface area contributed by atoms with Gasteiger partial charge < -0.3 is 23.8 Å². The van der Waals surface area contributed by atoms with Crippen molar-refractivity contribution in [2.45, 2.75) is 51.7 Å². The molecule has 0 bridgehead atoms. The first-order valence-corrected chi connectivity index (χ1v) is 8.95. The number of fused-ring (bicyclic) bond motifs is 1. The van der Waals surface area contributed by atoms with Crippen LogP contribution in [0.5, 0.6) is 0 Å². The molecule has 2 aliphatic rings. The average molecular weight is 395 g/mol. The van der Waals surface area contributed by atoms with Gasteiger partial charge in [-0.05, 0) is 18.1 Å². The first-order valence-electron chi connectivity index (χ1n) is 8.95. The Morgan fingerprint density at radius 1 is 1.04 bits per heavy atom. The summed E-state index contributed by atoms with van der Waals surface area (Å²) < 4.78 is 36.2. The molecule has 0 spiro atoms. The number of hydrogen-bond donors (Lipinski definition) is 0. The molecule has 0 aliphatic carbocycles. The van der Waals surface area contributed by atoms with E-state index < -0.39 is 48.3 Å². The monoisotopic (exact) mass is 395 g/mol. The lowest BCUT2D eigenvalue weighted by atomic mass is 10.0. The van der Waals surface area contributed by atoms with E-state index in [0.29, 0.717) is 18.7 Å². The largest absolute Gasteiger partial charge is 0.456 e. The molecule has 0 unspecified atom stereocenters. The lowest BCUT2D eigenvalue weighted by Gasteiger charge is -2.44. The standard InChI is InChI=1S/C19H22FNO7/c1-10(22)26-15-9-25-19(18(28-12(3)24)17(15)27-11(2)23)21-8-7-13-5-4-6-14(20)16(13)21/h4-6,15,17-19H,7-9H2,1-3H3/t15-,17+,18-,19-/m1/s1. The maximum absolute atomic E-state index is 14.5. The number of halogens is 1. The summed E-state index contributed by atoms with van der Waals surface area (Å²) in [6.07, 6.45) is -3.46.